The lowest BCUT2D eigenvalue weighted by Gasteiger charge is -2.26. The first-order valence-corrected chi connectivity index (χ1v) is 14.1. The zero-order valence-corrected chi connectivity index (χ0v) is 23.8. The number of fused-ring (bicyclic) bond motifs is 2. The Balaban J connectivity index is 1.66. The van der Waals surface area contributed by atoms with Gasteiger partial charge in [-0.1, -0.05) is 81.5 Å². The van der Waals surface area contributed by atoms with Gasteiger partial charge in [-0.2, -0.15) is 0 Å². The first kappa shape index (κ1) is 29.0. The van der Waals surface area contributed by atoms with Crippen LogP contribution in [0.4, 0.5) is 0 Å². The van der Waals surface area contributed by atoms with Crippen LogP contribution in [0.1, 0.15) is 52.0 Å². The fourth-order valence-corrected chi connectivity index (χ4v) is 5.83. The molecular weight excluding hydrogens is 536 g/mol. The van der Waals surface area contributed by atoms with Crippen molar-refractivity contribution in [2.24, 2.45) is 23.7 Å². The molecule has 0 aromatic heterocycles. The predicted molar refractivity (Wildman–Crippen MR) is 157 cm³/mol. The van der Waals surface area contributed by atoms with Gasteiger partial charge in [0.15, 0.2) is 0 Å². The van der Waals surface area contributed by atoms with Gasteiger partial charge in [-0.15, -0.1) is 0 Å². The van der Waals surface area contributed by atoms with E-state index in [4.69, 9.17) is 9.47 Å². The molecule has 0 saturated carbocycles. The lowest BCUT2D eigenvalue weighted by molar-refractivity contribution is -0.152. The molecule has 0 fully saturated rings. The lowest BCUT2D eigenvalue weighted by Crippen LogP contribution is -2.34. The Kier molecular flexibility index (Phi) is 7.91. The van der Waals surface area contributed by atoms with E-state index in [1.807, 2.05) is 18.2 Å². The van der Waals surface area contributed by atoms with Crippen molar-refractivity contribution in [2.75, 3.05) is 0 Å². The number of esters is 2. The monoisotopic (exact) mass is 570 g/mol. The fraction of sp³-hybridized carbons (Fsp3) is 0.353. The molecule has 2 aliphatic rings. The van der Waals surface area contributed by atoms with Crippen molar-refractivity contribution in [3.63, 3.8) is 0 Å². The second-order valence-electron chi connectivity index (χ2n) is 12.0. The van der Waals surface area contributed by atoms with Gasteiger partial charge >= 0.3 is 23.9 Å². The molecule has 4 unspecified atom stereocenters. The van der Waals surface area contributed by atoms with Crippen LogP contribution >= 0.6 is 0 Å². The third-order valence-electron chi connectivity index (χ3n) is 8.30. The highest BCUT2D eigenvalue weighted by molar-refractivity contribution is 6.13. The number of benzene rings is 3. The summed E-state index contributed by atoms with van der Waals surface area (Å²) in [4.78, 5) is 50.9. The lowest BCUT2D eigenvalue weighted by atomic mass is 9.83. The summed E-state index contributed by atoms with van der Waals surface area (Å²) in [7, 11) is 0. The highest BCUT2D eigenvalue weighted by Crippen LogP contribution is 2.45. The smallest absolute Gasteiger partial charge is 0.315 e. The van der Waals surface area contributed by atoms with Crippen molar-refractivity contribution >= 4 is 45.4 Å². The topological polar surface area (TPSA) is 127 Å². The van der Waals surface area contributed by atoms with Crippen LogP contribution in [0.3, 0.4) is 0 Å². The number of rotatable bonds is 6. The van der Waals surface area contributed by atoms with E-state index < -0.39 is 47.5 Å². The Labute approximate surface area is 243 Å². The van der Waals surface area contributed by atoms with Crippen molar-refractivity contribution in [1.29, 1.82) is 0 Å². The van der Waals surface area contributed by atoms with Gasteiger partial charge in [0.25, 0.3) is 0 Å². The van der Waals surface area contributed by atoms with Crippen LogP contribution in [-0.4, -0.2) is 34.1 Å². The number of carboxylic acids is 2. The number of carbonyl (C=O) groups excluding carboxylic acids is 2. The van der Waals surface area contributed by atoms with Gasteiger partial charge in [0.2, 0.25) is 0 Å². The maximum Gasteiger partial charge on any atom is 0.315 e. The van der Waals surface area contributed by atoms with Gasteiger partial charge in [-0.3, -0.25) is 19.2 Å². The van der Waals surface area contributed by atoms with Crippen molar-refractivity contribution in [2.45, 2.75) is 51.9 Å². The van der Waals surface area contributed by atoms with E-state index in [9.17, 15) is 29.4 Å². The van der Waals surface area contributed by atoms with E-state index in [2.05, 4.69) is 20.8 Å². The third kappa shape index (κ3) is 5.53. The van der Waals surface area contributed by atoms with Crippen LogP contribution in [0.2, 0.25) is 0 Å². The van der Waals surface area contributed by atoms with Crippen molar-refractivity contribution < 1.29 is 38.9 Å². The molecule has 0 radical (unpaired) electrons. The number of hydrogen-bond donors (Lipinski definition) is 2. The first-order valence-electron chi connectivity index (χ1n) is 14.1. The highest BCUT2D eigenvalue weighted by atomic mass is 16.5. The maximum atomic E-state index is 13.6. The van der Waals surface area contributed by atoms with Crippen LogP contribution in [0.15, 0.2) is 66.8 Å². The predicted octanol–water partition coefficient (Wildman–Crippen LogP) is 6.44. The van der Waals surface area contributed by atoms with Crippen molar-refractivity contribution in [1.82, 2.24) is 0 Å². The third-order valence-corrected chi connectivity index (χ3v) is 8.30. The van der Waals surface area contributed by atoms with E-state index in [1.54, 1.807) is 48.6 Å². The highest BCUT2D eigenvalue weighted by Gasteiger charge is 2.38. The number of carboxylic acid groups (broad SMARTS) is 2. The zero-order chi connectivity index (χ0) is 30.2. The number of ether oxygens (including phenoxy) is 2. The summed E-state index contributed by atoms with van der Waals surface area (Å²) in [5, 5.41) is 21.6. The number of carbonyl (C=O) groups is 4. The van der Waals surface area contributed by atoms with Gasteiger partial charge in [0.1, 0.15) is 11.5 Å². The second kappa shape index (κ2) is 11.4. The Hall–Kier alpha value is -4.46. The van der Waals surface area contributed by atoms with E-state index in [1.165, 1.54) is 0 Å². The summed E-state index contributed by atoms with van der Waals surface area (Å²) in [6.45, 7) is 6.16. The van der Waals surface area contributed by atoms with E-state index in [0.717, 1.165) is 5.56 Å². The van der Waals surface area contributed by atoms with Crippen molar-refractivity contribution in [3.05, 3.63) is 72.3 Å². The molecule has 3 aromatic rings. The molecule has 0 amide bonds. The quantitative estimate of drug-likeness (QED) is 0.150. The minimum atomic E-state index is -1.05. The zero-order valence-electron chi connectivity index (χ0n) is 23.8. The van der Waals surface area contributed by atoms with E-state index in [0.29, 0.717) is 21.5 Å². The summed E-state index contributed by atoms with van der Waals surface area (Å²) >= 11 is 0. The molecule has 0 aliphatic heterocycles. The maximum absolute atomic E-state index is 13.6. The first-order chi connectivity index (χ1) is 20.0. The molecule has 3 aromatic carbocycles. The Morgan fingerprint density at radius 3 is 1.45 bits per heavy atom. The van der Waals surface area contributed by atoms with Crippen LogP contribution in [0, 0.1) is 23.7 Å². The van der Waals surface area contributed by atoms with Gasteiger partial charge in [0, 0.05) is 21.5 Å². The van der Waals surface area contributed by atoms with Gasteiger partial charge in [-0.05, 0) is 42.7 Å². The van der Waals surface area contributed by atoms with Gasteiger partial charge in [0.05, 0.1) is 23.7 Å². The molecule has 0 spiro atoms. The standard InChI is InChI=1S/C34H34O8/c1-34(2,3)19-16-17-22-27(18-19)29(42-33(40)26-15-9-7-13-24(26)31(37)38)21-11-5-4-10-20(21)28(22)41-32(39)25-14-8-6-12-23(25)30(35)36/h4-11,16-18,23-26H,12-15H2,1-3H3,(H,35,36)(H,37,38). The summed E-state index contributed by atoms with van der Waals surface area (Å²) in [5.41, 5.74) is 0.691. The molecule has 4 atom stereocenters. The molecular formula is C34H34O8. The molecule has 218 valence electrons. The SMILES string of the molecule is CC(C)(C)c1ccc2c(OC(=O)C3CC=CCC3C(=O)O)c3ccccc3c(OC(=O)C3CC=CCC3C(=O)O)c2c1. The average Bonchev–Trinajstić information content (AvgIpc) is 2.97. The second-order valence-corrected chi connectivity index (χ2v) is 12.0. The van der Waals surface area contributed by atoms with E-state index in [-0.39, 0.29) is 42.6 Å². The molecule has 2 N–H and O–H groups in total. The molecule has 0 heterocycles. The number of hydrogen-bond acceptors (Lipinski definition) is 6. The summed E-state index contributed by atoms with van der Waals surface area (Å²) in [6.07, 6.45) is 8.13. The van der Waals surface area contributed by atoms with E-state index >= 15 is 0 Å². The number of aliphatic carboxylic acids is 2. The molecule has 2 aliphatic carbocycles. The Bertz CT molecular complexity index is 1640. The summed E-state index contributed by atoms with van der Waals surface area (Å²) in [6, 6.07) is 12.7. The van der Waals surface area contributed by atoms with Crippen LogP contribution < -0.4 is 9.47 Å². The Morgan fingerprint density at radius 2 is 1.02 bits per heavy atom. The largest absolute Gasteiger partial charge is 0.481 e. The molecule has 5 rings (SSSR count). The van der Waals surface area contributed by atoms with Gasteiger partial charge < -0.3 is 19.7 Å². The molecule has 8 nitrogen and oxygen atoms in total. The van der Waals surface area contributed by atoms with Crippen LogP contribution in [-0.2, 0) is 24.6 Å². The van der Waals surface area contributed by atoms with Gasteiger partial charge in [-0.25, -0.2) is 0 Å². The number of allylic oxidation sites excluding steroid dienone is 4. The van der Waals surface area contributed by atoms with Crippen LogP contribution in [0.25, 0.3) is 21.5 Å². The minimum Gasteiger partial charge on any atom is -0.481 e. The molecule has 0 saturated heterocycles. The summed E-state index contributed by atoms with van der Waals surface area (Å²) in [5.74, 6) is -6.33. The molecule has 8 heteroatoms. The molecule has 0 bridgehead atoms. The minimum absolute atomic E-state index is 0.243. The van der Waals surface area contributed by atoms with Crippen molar-refractivity contribution in [3.8, 4) is 11.5 Å². The van der Waals surface area contributed by atoms with Crippen LogP contribution in [0.5, 0.6) is 11.5 Å². The molecule has 42 heavy (non-hydrogen) atoms. The Morgan fingerprint density at radius 1 is 0.619 bits per heavy atom. The fourth-order valence-electron chi connectivity index (χ4n) is 5.83. The average molecular weight is 571 g/mol. The summed E-state index contributed by atoms with van der Waals surface area (Å²) < 4.78 is 12.1. The normalized spacial score (nSPS) is 22.2.